The van der Waals surface area contributed by atoms with Crippen LogP contribution >= 0.6 is 12.6 Å². The number of hydrogen-bond acceptors (Lipinski definition) is 3. The molecular weight excluding hydrogens is 148 g/mol. The molecule has 60 valence electrons. The maximum Gasteiger partial charge on any atom is 0.139 e. The highest BCUT2D eigenvalue weighted by Crippen LogP contribution is 2.00. The molecule has 0 spiro atoms. The van der Waals surface area contributed by atoms with E-state index >= 15 is 0 Å². The van der Waals surface area contributed by atoms with E-state index in [1.165, 1.54) is 0 Å². The van der Waals surface area contributed by atoms with Crippen LogP contribution in [0.15, 0.2) is 5.16 Å². The van der Waals surface area contributed by atoms with Crippen LogP contribution in [0.25, 0.3) is 0 Å². The average Bonchev–Trinajstić information content (AvgIpc) is 1.98. The predicted octanol–water partition coefficient (Wildman–Crippen LogP) is 1.22. The fourth-order valence-corrected chi connectivity index (χ4v) is 0.868. The Bertz CT molecular complexity index is 106. The van der Waals surface area contributed by atoms with Crippen LogP contribution in [0.4, 0.5) is 0 Å². The van der Waals surface area contributed by atoms with Crippen LogP contribution in [0.3, 0.4) is 0 Å². The standard InChI is InChI=1S/C6H14N2OS/c7-6(8-9)4-2-1-3-5-10/h9-10H,1-5H2,(H2,7,8). The molecule has 0 saturated heterocycles. The van der Waals surface area contributed by atoms with Gasteiger partial charge in [-0.25, -0.2) is 0 Å². The third-order valence-corrected chi connectivity index (χ3v) is 1.54. The molecule has 0 aromatic heterocycles. The second-order valence-electron chi connectivity index (χ2n) is 2.13. The zero-order valence-electron chi connectivity index (χ0n) is 5.95. The summed E-state index contributed by atoms with van der Waals surface area (Å²) in [4.78, 5) is 0. The summed E-state index contributed by atoms with van der Waals surface area (Å²) in [5.74, 6) is 1.23. The molecule has 10 heavy (non-hydrogen) atoms. The van der Waals surface area contributed by atoms with Crippen LogP contribution in [0.1, 0.15) is 25.7 Å². The third kappa shape index (κ3) is 5.75. The number of nitrogens with two attached hydrogens (primary N) is 1. The van der Waals surface area contributed by atoms with Crippen molar-refractivity contribution in [3.63, 3.8) is 0 Å². The second kappa shape index (κ2) is 6.74. The van der Waals surface area contributed by atoms with Gasteiger partial charge in [0.15, 0.2) is 0 Å². The monoisotopic (exact) mass is 162 g/mol. The fraction of sp³-hybridized carbons (Fsp3) is 0.833. The molecule has 0 unspecified atom stereocenters. The number of nitrogens with zero attached hydrogens (tertiary/aromatic N) is 1. The van der Waals surface area contributed by atoms with E-state index in [1.807, 2.05) is 0 Å². The topological polar surface area (TPSA) is 58.6 Å². The molecule has 3 N–H and O–H groups in total. The van der Waals surface area contributed by atoms with Gasteiger partial charge in [0, 0.05) is 6.42 Å². The van der Waals surface area contributed by atoms with Gasteiger partial charge >= 0.3 is 0 Å². The first-order chi connectivity index (χ1) is 4.81. The first-order valence-corrected chi connectivity index (χ1v) is 4.01. The molecule has 0 fully saturated rings. The van der Waals surface area contributed by atoms with E-state index in [0.717, 1.165) is 25.0 Å². The predicted molar refractivity (Wildman–Crippen MR) is 45.7 cm³/mol. The van der Waals surface area contributed by atoms with Crippen molar-refractivity contribution in [3.8, 4) is 0 Å². The normalized spacial score (nSPS) is 11.9. The van der Waals surface area contributed by atoms with Crippen molar-refractivity contribution in [3.05, 3.63) is 0 Å². The van der Waals surface area contributed by atoms with E-state index in [9.17, 15) is 0 Å². The Morgan fingerprint density at radius 1 is 1.40 bits per heavy atom. The minimum atomic E-state index is 0.319. The van der Waals surface area contributed by atoms with Gasteiger partial charge in [0.2, 0.25) is 0 Å². The van der Waals surface area contributed by atoms with Gasteiger partial charge < -0.3 is 10.9 Å². The second-order valence-corrected chi connectivity index (χ2v) is 2.57. The molecule has 0 aliphatic heterocycles. The van der Waals surface area contributed by atoms with Crippen molar-refractivity contribution in [2.24, 2.45) is 10.9 Å². The number of amidine groups is 1. The zero-order chi connectivity index (χ0) is 7.82. The molecule has 0 aromatic carbocycles. The summed E-state index contributed by atoms with van der Waals surface area (Å²) < 4.78 is 0. The lowest BCUT2D eigenvalue weighted by molar-refractivity contribution is 0.316. The van der Waals surface area contributed by atoms with Gasteiger partial charge in [-0.1, -0.05) is 11.6 Å². The third-order valence-electron chi connectivity index (χ3n) is 1.22. The molecule has 3 nitrogen and oxygen atoms in total. The van der Waals surface area contributed by atoms with Crippen LogP contribution in [0.2, 0.25) is 0 Å². The minimum Gasteiger partial charge on any atom is -0.409 e. The quantitative estimate of drug-likeness (QED) is 0.142. The highest BCUT2D eigenvalue weighted by Gasteiger charge is 1.91. The van der Waals surface area contributed by atoms with E-state index < -0.39 is 0 Å². The minimum absolute atomic E-state index is 0.319. The number of rotatable bonds is 5. The molecule has 0 aromatic rings. The summed E-state index contributed by atoms with van der Waals surface area (Å²) in [6, 6.07) is 0. The average molecular weight is 162 g/mol. The Morgan fingerprint density at radius 3 is 2.60 bits per heavy atom. The van der Waals surface area contributed by atoms with Crippen LogP contribution in [0.5, 0.6) is 0 Å². The molecule has 0 saturated carbocycles. The van der Waals surface area contributed by atoms with Crippen molar-refractivity contribution in [2.45, 2.75) is 25.7 Å². The van der Waals surface area contributed by atoms with Crippen LogP contribution in [-0.4, -0.2) is 16.8 Å². The van der Waals surface area contributed by atoms with Crippen molar-refractivity contribution in [2.75, 3.05) is 5.75 Å². The Labute approximate surface area is 66.7 Å². The molecule has 0 aliphatic carbocycles. The highest BCUT2D eigenvalue weighted by molar-refractivity contribution is 7.80. The lowest BCUT2D eigenvalue weighted by Gasteiger charge is -1.96. The summed E-state index contributed by atoms with van der Waals surface area (Å²) in [5, 5.41) is 11.0. The molecule has 4 heteroatoms. The van der Waals surface area contributed by atoms with Gasteiger partial charge in [0.25, 0.3) is 0 Å². The van der Waals surface area contributed by atoms with E-state index in [-0.39, 0.29) is 0 Å². The van der Waals surface area contributed by atoms with E-state index in [2.05, 4.69) is 17.8 Å². The SMILES string of the molecule is N/C(CCCCCS)=N\O. The van der Waals surface area contributed by atoms with Gasteiger partial charge in [-0.05, 0) is 18.6 Å². The Morgan fingerprint density at radius 2 is 2.10 bits per heavy atom. The van der Waals surface area contributed by atoms with Gasteiger partial charge in [-0.2, -0.15) is 12.6 Å². The van der Waals surface area contributed by atoms with E-state index in [0.29, 0.717) is 12.3 Å². The molecule has 0 atom stereocenters. The van der Waals surface area contributed by atoms with Crippen molar-refractivity contribution in [1.82, 2.24) is 0 Å². The number of oxime groups is 1. The molecule has 0 amide bonds. The van der Waals surface area contributed by atoms with Crippen molar-refractivity contribution < 1.29 is 5.21 Å². The van der Waals surface area contributed by atoms with Crippen molar-refractivity contribution >= 4 is 18.5 Å². The largest absolute Gasteiger partial charge is 0.409 e. The fourth-order valence-electron chi connectivity index (χ4n) is 0.645. The highest BCUT2D eigenvalue weighted by atomic mass is 32.1. The molecule has 0 bridgehead atoms. The molecule has 0 radical (unpaired) electrons. The Kier molecular flexibility index (Phi) is 6.48. The lowest BCUT2D eigenvalue weighted by atomic mass is 10.2. The maximum absolute atomic E-state index is 8.14. The van der Waals surface area contributed by atoms with Gasteiger partial charge in [0.05, 0.1) is 0 Å². The van der Waals surface area contributed by atoms with Crippen LogP contribution in [-0.2, 0) is 0 Å². The molecule has 0 aliphatic rings. The summed E-state index contributed by atoms with van der Waals surface area (Å²) >= 11 is 4.06. The van der Waals surface area contributed by atoms with Gasteiger partial charge in [0.1, 0.15) is 5.84 Å². The van der Waals surface area contributed by atoms with E-state index in [4.69, 9.17) is 10.9 Å². The van der Waals surface area contributed by atoms with Gasteiger partial charge in [-0.15, -0.1) is 0 Å². The number of hydrogen-bond donors (Lipinski definition) is 3. The first-order valence-electron chi connectivity index (χ1n) is 3.38. The van der Waals surface area contributed by atoms with Crippen molar-refractivity contribution in [1.29, 1.82) is 0 Å². The Hall–Kier alpha value is -0.380. The summed E-state index contributed by atoms with van der Waals surface area (Å²) in [5.41, 5.74) is 5.24. The Balaban J connectivity index is 3.04. The number of thiol groups is 1. The summed E-state index contributed by atoms with van der Waals surface area (Å²) in [6.45, 7) is 0. The zero-order valence-corrected chi connectivity index (χ0v) is 6.85. The van der Waals surface area contributed by atoms with Gasteiger partial charge in [-0.3, -0.25) is 0 Å². The molecule has 0 heterocycles. The molecular formula is C6H14N2OS. The maximum atomic E-state index is 8.14. The summed E-state index contributed by atoms with van der Waals surface area (Å²) in [6.07, 6.45) is 3.86. The number of unbranched alkanes of at least 4 members (excludes halogenated alkanes) is 2. The van der Waals surface area contributed by atoms with E-state index in [1.54, 1.807) is 0 Å². The first kappa shape index (κ1) is 9.62. The van der Waals surface area contributed by atoms with Crippen LogP contribution in [0, 0.1) is 0 Å². The summed E-state index contributed by atoms with van der Waals surface area (Å²) in [7, 11) is 0. The lowest BCUT2D eigenvalue weighted by Crippen LogP contribution is -2.10. The smallest absolute Gasteiger partial charge is 0.139 e. The molecule has 0 rings (SSSR count). The van der Waals surface area contributed by atoms with Crippen LogP contribution < -0.4 is 5.73 Å².